The molecule has 2 aliphatic rings. The maximum Gasteiger partial charge on any atom is 0.338 e. The smallest absolute Gasteiger partial charge is 0.338 e. The lowest BCUT2D eigenvalue weighted by Gasteiger charge is -2.35. The molecule has 0 saturated heterocycles. The van der Waals surface area contributed by atoms with Crippen molar-refractivity contribution in [3.8, 4) is 0 Å². The number of benzene rings is 2. The first-order valence-corrected chi connectivity index (χ1v) is 9.87. The van der Waals surface area contributed by atoms with Crippen molar-refractivity contribution in [2.45, 2.75) is 43.7 Å². The molecule has 1 saturated carbocycles. The summed E-state index contributed by atoms with van der Waals surface area (Å²) in [4.78, 5) is 26.7. The third-order valence-electron chi connectivity index (χ3n) is 5.89. The Morgan fingerprint density at radius 2 is 1.71 bits per heavy atom. The highest BCUT2D eigenvalue weighted by molar-refractivity contribution is 5.84. The Kier molecular flexibility index (Phi) is 5.18. The molecule has 1 N–H and O–H groups in total. The standard InChI is InChI=1S/C23H25NO4/c25-21(16-28-22(26)23(27)12-6-7-13-23)24-14-18-10-4-5-11-19(18)20(15-24)17-8-2-1-3-9-17/h1-5,8-11,20,27H,6-7,12-16H2/t20-/m1/s1. The number of aliphatic hydroxyl groups is 1. The molecule has 28 heavy (non-hydrogen) atoms. The molecule has 1 aliphatic carbocycles. The molecular weight excluding hydrogens is 354 g/mol. The van der Waals surface area contributed by atoms with Gasteiger partial charge in [0.25, 0.3) is 5.91 Å². The average Bonchev–Trinajstić information content (AvgIpc) is 3.19. The van der Waals surface area contributed by atoms with E-state index in [1.165, 1.54) is 5.56 Å². The van der Waals surface area contributed by atoms with Crippen LogP contribution in [0.3, 0.4) is 0 Å². The molecule has 1 aliphatic heterocycles. The van der Waals surface area contributed by atoms with Crippen LogP contribution in [0, 0.1) is 0 Å². The van der Waals surface area contributed by atoms with E-state index in [9.17, 15) is 14.7 Å². The van der Waals surface area contributed by atoms with Gasteiger partial charge in [0, 0.05) is 19.0 Å². The van der Waals surface area contributed by atoms with Crippen molar-refractivity contribution in [2.24, 2.45) is 0 Å². The van der Waals surface area contributed by atoms with Crippen molar-refractivity contribution in [1.82, 2.24) is 4.90 Å². The van der Waals surface area contributed by atoms with Gasteiger partial charge in [-0.05, 0) is 42.4 Å². The summed E-state index contributed by atoms with van der Waals surface area (Å²) in [6.45, 7) is 0.715. The van der Waals surface area contributed by atoms with Gasteiger partial charge in [-0.1, -0.05) is 54.6 Å². The van der Waals surface area contributed by atoms with Crippen molar-refractivity contribution < 1.29 is 19.4 Å². The van der Waals surface area contributed by atoms with E-state index >= 15 is 0 Å². The van der Waals surface area contributed by atoms with E-state index in [1.807, 2.05) is 36.4 Å². The Morgan fingerprint density at radius 3 is 2.46 bits per heavy atom. The first kappa shape index (κ1) is 18.7. The molecule has 4 rings (SSSR count). The summed E-state index contributed by atoms with van der Waals surface area (Å²) in [5, 5.41) is 10.3. The minimum Gasteiger partial charge on any atom is -0.453 e. The molecule has 5 heteroatoms. The number of ether oxygens (including phenoxy) is 1. The summed E-state index contributed by atoms with van der Waals surface area (Å²) in [5.74, 6) is -0.814. The Balaban J connectivity index is 1.48. The van der Waals surface area contributed by atoms with Crippen LogP contribution in [0.2, 0.25) is 0 Å². The van der Waals surface area contributed by atoms with Crippen molar-refractivity contribution in [3.63, 3.8) is 0 Å². The van der Waals surface area contributed by atoms with Crippen LogP contribution in [0.4, 0.5) is 0 Å². The number of hydrogen-bond donors (Lipinski definition) is 1. The van der Waals surface area contributed by atoms with Gasteiger partial charge in [0.2, 0.25) is 0 Å². The van der Waals surface area contributed by atoms with Crippen molar-refractivity contribution in [3.05, 3.63) is 71.3 Å². The van der Waals surface area contributed by atoms with Crippen molar-refractivity contribution >= 4 is 11.9 Å². The van der Waals surface area contributed by atoms with E-state index in [0.717, 1.165) is 24.0 Å². The van der Waals surface area contributed by atoms with E-state index in [1.54, 1.807) is 4.90 Å². The topological polar surface area (TPSA) is 66.8 Å². The predicted molar refractivity (Wildman–Crippen MR) is 105 cm³/mol. The van der Waals surface area contributed by atoms with Crippen LogP contribution in [0.15, 0.2) is 54.6 Å². The van der Waals surface area contributed by atoms with Crippen LogP contribution in [-0.4, -0.2) is 40.6 Å². The Labute approximate surface area is 164 Å². The zero-order chi connectivity index (χ0) is 19.6. The minimum atomic E-state index is -1.42. The zero-order valence-electron chi connectivity index (χ0n) is 15.8. The number of nitrogens with zero attached hydrogens (tertiary/aromatic N) is 1. The molecule has 146 valence electrons. The maximum atomic E-state index is 12.8. The molecule has 0 radical (unpaired) electrons. The van der Waals surface area contributed by atoms with Gasteiger partial charge in [-0.2, -0.15) is 0 Å². The third-order valence-corrected chi connectivity index (χ3v) is 5.89. The fourth-order valence-corrected chi connectivity index (χ4v) is 4.28. The maximum absolute atomic E-state index is 12.8. The molecule has 1 atom stereocenters. The van der Waals surface area contributed by atoms with Crippen LogP contribution in [0.5, 0.6) is 0 Å². The molecule has 0 aromatic heterocycles. The Hall–Kier alpha value is -2.66. The second-order valence-corrected chi connectivity index (χ2v) is 7.75. The highest BCUT2D eigenvalue weighted by atomic mass is 16.6. The van der Waals surface area contributed by atoms with Crippen molar-refractivity contribution in [1.29, 1.82) is 0 Å². The molecule has 1 fully saturated rings. The van der Waals surface area contributed by atoms with Gasteiger partial charge in [0.15, 0.2) is 12.2 Å². The van der Waals surface area contributed by atoms with E-state index < -0.39 is 11.6 Å². The first-order valence-electron chi connectivity index (χ1n) is 9.87. The summed E-state index contributed by atoms with van der Waals surface area (Å²) in [6.07, 6.45) is 2.43. The van der Waals surface area contributed by atoms with Crippen molar-refractivity contribution in [2.75, 3.05) is 13.2 Å². The quantitative estimate of drug-likeness (QED) is 0.830. The van der Waals surface area contributed by atoms with Gasteiger partial charge in [0.05, 0.1) is 0 Å². The number of hydrogen-bond acceptors (Lipinski definition) is 4. The van der Waals surface area contributed by atoms with Gasteiger partial charge in [-0.15, -0.1) is 0 Å². The number of amides is 1. The third kappa shape index (κ3) is 3.67. The van der Waals surface area contributed by atoms with Gasteiger partial charge in [0.1, 0.15) is 0 Å². The molecule has 1 amide bonds. The summed E-state index contributed by atoms with van der Waals surface area (Å²) in [6, 6.07) is 18.3. The number of esters is 1. The second kappa shape index (κ2) is 7.76. The highest BCUT2D eigenvalue weighted by Gasteiger charge is 2.41. The van der Waals surface area contributed by atoms with Crippen LogP contribution in [-0.2, 0) is 20.9 Å². The fraction of sp³-hybridized carbons (Fsp3) is 0.391. The zero-order valence-corrected chi connectivity index (χ0v) is 15.8. The predicted octanol–water partition coefficient (Wildman–Crippen LogP) is 3.01. The SMILES string of the molecule is O=C(COC(=O)C1(O)CCCC1)N1Cc2ccccc2[C@@H](c2ccccc2)C1. The highest BCUT2D eigenvalue weighted by Crippen LogP contribution is 2.34. The van der Waals surface area contributed by atoms with Gasteiger partial charge < -0.3 is 14.7 Å². The lowest BCUT2D eigenvalue weighted by molar-refractivity contribution is -0.168. The Bertz CT molecular complexity index is 858. The van der Waals surface area contributed by atoms with Crippen LogP contribution in [0.1, 0.15) is 48.3 Å². The Morgan fingerprint density at radius 1 is 1.04 bits per heavy atom. The number of fused-ring (bicyclic) bond motifs is 1. The van der Waals surface area contributed by atoms with Crippen LogP contribution < -0.4 is 0 Å². The molecule has 0 spiro atoms. The molecule has 2 aromatic rings. The number of carbonyl (C=O) groups excluding carboxylic acids is 2. The number of carbonyl (C=O) groups is 2. The van der Waals surface area contributed by atoms with E-state index in [2.05, 4.69) is 18.2 Å². The summed E-state index contributed by atoms with van der Waals surface area (Å²) in [5.41, 5.74) is 2.08. The molecule has 1 heterocycles. The summed E-state index contributed by atoms with van der Waals surface area (Å²) < 4.78 is 5.19. The lowest BCUT2D eigenvalue weighted by atomic mass is 9.84. The van der Waals surface area contributed by atoms with Gasteiger partial charge in [-0.25, -0.2) is 4.79 Å². The van der Waals surface area contributed by atoms with E-state index in [4.69, 9.17) is 4.74 Å². The normalized spacial score (nSPS) is 20.5. The molecule has 2 aromatic carbocycles. The van der Waals surface area contributed by atoms with Gasteiger partial charge >= 0.3 is 5.97 Å². The fourth-order valence-electron chi connectivity index (χ4n) is 4.28. The lowest BCUT2D eigenvalue weighted by Crippen LogP contribution is -2.43. The number of rotatable bonds is 4. The molecule has 0 unspecified atom stereocenters. The molecule has 5 nitrogen and oxygen atoms in total. The molecular formula is C23H25NO4. The first-order chi connectivity index (χ1) is 13.6. The largest absolute Gasteiger partial charge is 0.453 e. The summed E-state index contributed by atoms with van der Waals surface area (Å²) in [7, 11) is 0. The van der Waals surface area contributed by atoms with Gasteiger partial charge in [-0.3, -0.25) is 4.79 Å². The van der Waals surface area contributed by atoms with E-state index in [0.29, 0.717) is 25.9 Å². The average molecular weight is 379 g/mol. The van der Waals surface area contributed by atoms with Crippen LogP contribution >= 0.6 is 0 Å². The van der Waals surface area contributed by atoms with E-state index in [-0.39, 0.29) is 18.4 Å². The molecule has 0 bridgehead atoms. The summed E-state index contributed by atoms with van der Waals surface area (Å²) >= 11 is 0. The second-order valence-electron chi connectivity index (χ2n) is 7.75. The monoisotopic (exact) mass is 379 g/mol. The van der Waals surface area contributed by atoms with Crippen LogP contribution in [0.25, 0.3) is 0 Å². The minimum absolute atomic E-state index is 0.0878.